The predicted molar refractivity (Wildman–Crippen MR) is 102 cm³/mol. The maximum absolute atomic E-state index is 11.5. The molecule has 0 aliphatic rings. The van der Waals surface area contributed by atoms with Gasteiger partial charge in [0.05, 0.1) is 19.9 Å². The molecular formula is C20H22N2O4. The van der Waals surface area contributed by atoms with Crippen molar-refractivity contribution in [3.8, 4) is 11.5 Å². The van der Waals surface area contributed by atoms with Crippen molar-refractivity contribution in [3.05, 3.63) is 59.9 Å². The van der Waals surface area contributed by atoms with Gasteiger partial charge in [-0.2, -0.15) is 4.99 Å². The second kappa shape index (κ2) is 9.88. The van der Waals surface area contributed by atoms with Crippen molar-refractivity contribution in [1.82, 2.24) is 5.32 Å². The molecule has 2 rings (SSSR count). The van der Waals surface area contributed by atoms with E-state index in [9.17, 15) is 4.79 Å². The maximum Gasteiger partial charge on any atom is 0.295 e. The molecule has 0 fully saturated rings. The van der Waals surface area contributed by atoms with E-state index in [-0.39, 0.29) is 11.8 Å². The minimum Gasteiger partial charge on any atom is -0.497 e. The lowest BCUT2D eigenvalue weighted by atomic mass is 10.1. The van der Waals surface area contributed by atoms with Crippen LogP contribution in [0.1, 0.15) is 12.5 Å². The van der Waals surface area contributed by atoms with Crippen molar-refractivity contribution < 1.29 is 19.0 Å². The summed E-state index contributed by atoms with van der Waals surface area (Å²) in [6.45, 7) is 2.52. The van der Waals surface area contributed by atoms with Crippen LogP contribution >= 0.6 is 0 Å². The van der Waals surface area contributed by atoms with Gasteiger partial charge in [0, 0.05) is 18.2 Å². The van der Waals surface area contributed by atoms with E-state index >= 15 is 0 Å². The molecule has 0 radical (unpaired) electrons. The highest BCUT2D eigenvalue weighted by molar-refractivity contribution is 5.87. The van der Waals surface area contributed by atoms with E-state index in [4.69, 9.17) is 14.2 Å². The zero-order valence-corrected chi connectivity index (χ0v) is 15.1. The number of rotatable bonds is 7. The third-order valence-electron chi connectivity index (χ3n) is 3.38. The van der Waals surface area contributed by atoms with Gasteiger partial charge in [-0.3, -0.25) is 4.79 Å². The van der Waals surface area contributed by atoms with Crippen LogP contribution in [0.15, 0.2) is 59.3 Å². The first-order valence-electron chi connectivity index (χ1n) is 8.14. The topological polar surface area (TPSA) is 69.2 Å². The summed E-state index contributed by atoms with van der Waals surface area (Å²) in [7, 11) is 3.13. The number of aliphatic imine (C=N–C) groups is 1. The van der Waals surface area contributed by atoms with Crippen LogP contribution in [-0.4, -0.2) is 33.1 Å². The minimum atomic E-state index is 0.101. The molecule has 0 aliphatic carbocycles. The Bertz CT molecular complexity index is 786. The molecule has 1 N–H and O–H groups in total. The molecule has 6 nitrogen and oxygen atoms in total. The Morgan fingerprint density at radius 1 is 1.12 bits per heavy atom. The van der Waals surface area contributed by atoms with Crippen LogP contribution in [0.2, 0.25) is 0 Å². The second-order valence-electron chi connectivity index (χ2n) is 5.16. The van der Waals surface area contributed by atoms with Crippen LogP contribution < -0.4 is 14.8 Å². The van der Waals surface area contributed by atoms with Crippen molar-refractivity contribution in [2.24, 2.45) is 4.99 Å². The Kier molecular flexibility index (Phi) is 7.24. The SMILES string of the molecule is CCN/C(=N\c1ccccc1)O/C(C=O)=C/c1ccc(OC)cc1OC. The van der Waals surface area contributed by atoms with Gasteiger partial charge in [-0.25, -0.2) is 0 Å². The normalized spacial score (nSPS) is 11.7. The van der Waals surface area contributed by atoms with Gasteiger partial charge >= 0.3 is 0 Å². The lowest BCUT2D eigenvalue weighted by Gasteiger charge is -2.11. The second-order valence-corrected chi connectivity index (χ2v) is 5.16. The van der Waals surface area contributed by atoms with Crippen molar-refractivity contribution >= 4 is 24.1 Å². The molecule has 0 unspecified atom stereocenters. The Morgan fingerprint density at radius 3 is 2.50 bits per heavy atom. The third kappa shape index (κ3) is 5.37. The Hall–Kier alpha value is -3.28. The zero-order chi connectivity index (χ0) is 18.8. The number of benzene rings is 2. The lowest BCUT2D eigenvalue weighted by molar-refractivity contribution is -0.106. The van der Waals surface area contributed by atoms with Crippen molar-refractivity contribution in [2.45, 2.75) is 6.92 Å². The summed E-state index contributed by atoms with van der Waals surface area (Å²) in [5, 5.41) is 3.01. The summed E-state index contributed by atoms with van der Waals surface area (Å²) >= 11 is 0. The molecule has 0 aromatic heterocycles. The van der Waals surface area contributed by atoms with Gasteiger partial charge in [-0.1, -0.05) is 18.2 Å². The van der Waals surface area contributed by atoms with Crippen molar-refractivity contribution in [3.63, 3.8) is 0 Å². The molecule has 0 spiro atoms. The highest BCUT2D eigenvalue weighted by atomic mass is 16.5. The Balaban J connectivity index is 2.30. The van der Waals surface area contributed by atoms with Crippen LogP contribution in [0, 0.1) is 0 Å². The molecule has 0 aliphatic heterocycles. The zero-order valence-electron chi connectivity index (χ0n) is 15.1. The van der Waals surface area contributed by atoms with E-state index in [0.717, 1.165) is 5.69 Å². The average Bonchev–Trinajstić information content (AvgIpc) is 2.68. The van der Waals surface area contributed by atoms with Gasteiger partial charge in [0.15, 0.2) is 12.0 Å². The molecule has 26 heavy (non-hydrogen) atoms. The predicted octanol–water partition coefficient (Wildman–Crippen LogP) is 3.56. The first-order valence-corrected chi connectivity index (χ1v) is 8.14. The molecule has 6 heteroatoms. The van der Waals surface area contributed by atoms with Gasteiger partial charge in [-0.05, 0) is 37.3 Å². The number of aldehydes is 1. The summed E-state index contributed by atoms with van der Waals surface area (Å²) in [5.74, 6) is 1.33. The fraction of sp³-hybridized carbons (Fsp3) is 0.200. The third-order valence-corrected chi connectivity index (χ3v) is 3.38. The van der Waals surface area contributed by atoms with Crippen LogP contribution in [0.4, 0.5) is 5.69 Å². The first-order chi connectivity index (χ1) is 12.7. The van der Waals surface area contributed by atoms with E-state index in [2.05, 4.69) is 10.3 Å². The summed E-state index contributed by atoms with van der Waals surface area (Å²) in [5.41, 5.74) is 1.40. The van der Waals surface area contributed by atoms with Crippen LogP contribution in [0.5, 0.6) is 11.5 Å². The van der Waals surface area contributed by atoms with E-state index < -0.39 is 0 Å². The molecular weight excluding hydrogens is 332 g/mol. The van der Waals surface area contributed by atoms with Crippen LogP contribution in [0.25, 0.3) is 6.08 Å². The van der Waals surface area contributed by atoms with Gasteiger partial charge in [0.1, 0.15) is 11.5 Å². The number of carbonyl (C=O) groups is 1. The first kappa shape index (κ1) is 19.1. The maximum atomic E-state index is 11.5. The number of hydrogen-bond donors (Lipinski definition) is 1. The van der Waals surface area contributed by atoms with E-state index in [1.807, 2.05) is 37.3 Å². The molecule has 0 saturated carbocycles. The summed E-state index contributed by atoms with van der Waals surface area (Å²) in [6, 6.07) is 14.9. The Labute approximate surface area is 153 Å². The number of carbonyl (C=O) groups excluding carboxylic acids is 1. The van der Waals surface area contributed by atoms with Gasteiger partial charge < -0.3 is 19.5 Å². The number of nitrogens with zero attached hydrogens (tertiary/aromatic N) is 1. The fourth-order valence-corrected chi connectivity index (χ4v) is 2.16. The highest BCUT2D eigenvalue weighted by Gasteiger charge is 2.08. The number of methoxy groups -OCH3 is 2. The number of nitrogens with one attached hydrogen (secondary N) is 1. The molecule has 136 valence electrons. The van der Waals surface area contributed by atoms with E-state index in [1.54, 1.807) is 38.5 Å². The van der Waals surface area contributed by atoms with Crippen LogP contribution in [0.3, 0.4) is 0 Å². The minimum absolute atomic E-state index is 0.101. The molecule has 0 atom stereocenters. The fourth-order valence-electron chi connectivity index (χ4n) is 2.16. The van der Waals surface area contributed by atoms with Crippen LogP contribution in [-0.2, 0) is 9.53 Å². The lowest BCUT2D eigenvalue weighted by Crippen LogP contribution is -2.25. The standard InChI is InChI=1S/C20H22N2O4/c1-4-21-20(22-16-8-6-5-7-9-16)26-18(14-23)12-15-10-11-17(24-2)13-19(15)25-3/h5-14H,4H2,1-3H3,(H,21,22)/b18-12+. The molecule has 0 saturated heterocycles. The van der Waals surface area contributed by atoms with E-state index in [0.29, 0.717) is 29.9 Å². The largest absolute Gasteiger partial charge is 0.497 e. The summed E-state index contributed by atoms with van der Waals surface area (Å²) in [4.78, 5) is 15.9. The molecule has 0 bridgehead atoms. The van der Waals surface area contributed by atoms with E-state index in [1.165, 1.54) is 0 Å². The molecule has 2 aromatic carbocycles. The van der Waals surface area contributed by atoms with Crippen molar-refractivity contribution in [1.29, 1.82) is 0 Å². The van der Waals surface area contributed by atoms with Gasteiger partial charge in [0.25, 0.3) is 6.02 Å². The molecule has 0 heterocycles. The average molecular weight is 354 g/mol. The monoisotopic (exact) mass is 354 g/mol. The molecule has 2 aromatic rings. The quantitative estimate of drug-likeness (QED) is 0.271. The van der Waals surface area contributed by atoms with Gasteiger partial charge in [0.2, 0.25) is 0 Å². The molecule has 0 amide bonds. The smallest absolute Gasteiger partial charge is 0.295 e. The number of amidine groups is 1. The number of allylic oxidation sites excluding steroid dienone is 1. The summed E-state index contributed by atoms with van der Waals surface area (Å²) in [6.07, 6.45) is 2.21. The number of para-hydroxylation sites is 1. The number of hydrogen-bond acceptors (Lipinski definition) is 5. The Morgan fingerprint density at radius 2 is 1.88 bits per heavy atom. The van der Waals surface area contributed by atoms with Gasteiger partial charge in [-0.15, -0.1) is 0 Å². The highest BCUT2D eigenvalue weighted by Crippen LogP contribution is 2.26. The number of ether oxygens (including phenoxy) is 3. The summed E-state index contributed by atoms with van der Waals surface area (Å²) < 4.78 is 16.2. The van der Waals surface area contributed by atoms with Crippen molar-refractivity contribution in [2.75, 3.05) is 20.8 Å².